The van der Waals surface area contributed by atoms with Gasteiger partial charge in [-0.1, -0.05) is 32.3 Å². The van der Waals surface area contributed by atoms with Crippen LogP contribution in [0.15, 0.2) is 4.52 Å². The summed E-state index contributed by atoms with van der Waals surface area (Å²) in [6.45, 7) is 6.00. The summed E-state index contributed by atoms with van der Waals surface area (Å²) in [5, 5.41) is 13.9. The fourth-order valence-electron chi connectivity index (χ4n) is 1.65. The predicted octanol–water partition coefficient (Wildman–Crippen LogP) is 2.29. The molecule has 0 amide bonds. The lowest BCUT2D eigenvalue weighted by Crippen LogP contribution is -2.28. The molecule has 1 fully saturated rings. The number of aliphatic hydroxyl groups is 1. The first-order valence-corrected chi connectivity index (χ1v) is 5.97. The maximum absolute atomic E-state index is 9.93. The minimum Gasteiger partial charge on any atom is -0.392 e. The monoisotopic (exact) mass is 224 g/mol. The summed E-state index contributed by atoms with van der Waals surface area (Å²) < 4.78 is 5.17. The highest BCUT2D eigenvalue weighted by Gasteiger charge is 2.27. The molecule has 0 spiro atoms. The lowest BCUT2D eigenvalue weighted by molar-refractivity contribution is 0.0565. The summed E-state index contributed by atoms with van der Waals surface area (Å²) in [5.74, 6) is 1.87. The topological polar surface area (TPSA) is 59.2 Å². The molecule has 4 nitrogen and oxygen atoms in total. The van der Waals surface area contributed by atoms with Gasteiger partial charge in [-0.15, -0.1) is 0 Å². The van der Waals surface area contributed by atoms with Crippen molar-refractivity contribution in [2.24, 2.45) is 5.41 Å². The van der Waals surface area contributed by atoms with E-state index in [1.807, 2.05) is 20.8 Å². The van der Waals surface area contributed by atoms with Gasteiger partial charge < -0.3 is 9.63 Å². The van der Waals surface area contributed by atoms with Crippen molar-refractivity contribution >= 4 is 0 Å². The Morgan fingerprint density at radius 3 is 2.62 bits per heavy atom. The van der Waals surface area contributed by atoms with Crippen LogP contribution in [-0.4, -0.2) is 21.4 Å². The smallest absolute Gasteiger partial charge is 0.229 e. The Kier molecular flexibility index (Phi) is 3.02. The molecule has 4 heteroatoms. The van der Waals surface area contributed by atoms with Crippen LogP contribution < -0.4 is 0 Å². The van der Waals surface area contributed by atoms with Gasteiger partial charge in [-0.2, -0.15) is 4.98 Å². The molecular formula is C12H20N2O2. The van der Waals surface area contributed by atoms with E-state index in [4.69, 9.17) is 4.52 Å². The largest absolute Gasteiger partial charge is 0.392 e. The van der Waals surface area contributed by atoms with E-state index in [1.54, 1.807) is 0 Å². The summed E-state index contributed by atoms with van der Waals surface area (Å²) in [5.41, 5.74) is -0.148. The maximum atomic E-state index is 9.93. The van der Waals surface area contributed by atoms with Gasteiger partial charge in [-0.25, -0.2) is 0 Å². The van der Waals surface area contributed by atoms with E-state index >= 15 is 0 Å². The molecule has 1 aliphatic carbocycles. The number of nitrogens with zero attached hydrogens (tertiary/aromatic N) is 2. The van der Waals surface area contributed by atoms with Gasteiger partial charge in [0.25, 0.3) is 0 Å². The second-order valence-electron chi connectivity index (χ2n) is 5.76. The molecule has 90 valence electrons. The fourth-order valence-corrected chi connectivity index (χ4v) is 1.65. The second kappa shape index (κ2) is 4.17. The van der Waals surface area contributed by atoms with Crippen molar-refractivity contribution < 1.29 is 9.63 Å². The van der Waals surface area contributed by atoms with Crippen LogP contribution in [0.25, 0.3) is 0 Å². The summed E-state index contributed by atoms with van der Waals surface area (Å²) in [6.07, 6.45) is 3.60. The summed E-state index contributed by atoms with van der Waals surface area (Å²) in [7, 11) is 0. The SMILES string of the molecule is CC(C)(C)C(O)Cc1nc(C2CCC2)no1. The average Bonchev–Trinajstić information content (AvgIpc) is 2.48. The summed E-state index contributed by atoms with van der Waals surface area (Å²) in [6, 6.07) is 0. The Morgan fingerprint density at radius 1 is 1.44 bits per heavy atom. The molecule has 0 radical (unpaired) electrons. The number of aromatic nitrogens is 2. The summed E-state index contributed by atoms with van der Waals surface area (Å²) in [4.78, 5) is 4.35. The van der Waals surface area contributed by atoms with Gasteiger partial charge >= 0.3 is 0 Å². The molecule has 16 heavy (non-hydrogen) atoms. The molecular weight excluding hydrogens is 204 g/mol. The van der Waals surface area contributed by atoms with Crippen molar-refractivity contribution in [3.63, 3.8) is 0 Å². The molecule has 0 aliphatic heterocycles. The zero-order chi connectivity index (χ0) is 11.8. The number of aliphatic hydroxyl groups excluding tert-OH is 1. The Morgan fingerprint density at radius 2 is 2.12 bits per heavy atom. The van der Waals surface area contributed by atoms with Crippen LogP contribution in [-0.2, 0) is 6.42 Å². The number of hydrogen-bond acceptors (Lipinski definition) is 4. The Balaban J connectivity index is 1.97. The van der Waals surface area contributed by atoms with Crippen LogP contribution in [0, 0.1) is 5.41 Å². The highest BCUT2D eigenvalue weighted by Crippen LogP contribution is 2.34. The first-order chi connectivity index (χ1) is 7.47. The van der Waals surface area contributed by atoms with Gasteiger partial charge in [0.05, 0.1) is 12.5 Å². The van der Waals surface area contributed by atoms with Crippen molar-refractivity contribution in [2.45, 2.75) is 58.5 Å². The van der Waals surface area contributed by atoms with Crippen molar-refractivity contribution in [3.05, 3.63) is 11.7 Å². The second-order valence-corrected chi connectivity index (χ2v) is 5.76. The maximum Gasteiger partial charge on any atom is 0.229 e. The highest BCUT2D eigenvalue weighted by atomic mass is 16.5. The Hall–Kier alpha value is -0.900. The minimum atomic E-state index is -0.442. The van der Waals surface area contributed by atoms with E-state index in [-0.39, 0.29) is 5.41 Å². The van der Waals surface area contributed by atoms with Gasteiger partial charge in [-0.3, -0.25) is 0 Å². The molecule has 0 aromatic carbocycles. The van der Waals surface area contributed by atoms with Crippen LogP contribution in [0.4, 0.5) is 0 Å². The van der Waals surface area contributed by atoms with E-state index in [0.29, 0.717) is 18.2 Å². The molecule has 0 saturated heterocycles. The van der Waals surface area contributed by atoms with Gasteiger partial charge in [-0.05, 0) is 18.3 Å². The quantitative estimate of drug-likeness (QED) is 0.855. The molecule has 1 heterocycles. The van der Waals surface area contributed by atoms with Crippen molar-refractivity contribution in [3.8, 4) is 0 Å². The Labute approximate surface area is 96.1 Å². The van der Waals surface area contributed by atoms with Gasteiger partial charge in [0, 0.05) is 5.92 Å². The number of hydrogen-bond donors (Lipinski definition) is 1. The van der Waals surface area contributed by atoms with E-state index in [0.717, 1.165) is 5.82 Å². The van der Waals surface area contributed by atoms with Gasteiger partial charge in [0.2, 0.25) is 5.89 Å². The molecule has 1 atom stereocenters. The van der Waals surface area contributed by atoms with E-state index in [1.165, 1.54) is 19.3 Å². The standard InChI is InChI=1S/C12H20N2O2/c1-12(2,3)9(15)7-10-13-11(14-16-10)8-5-4-6-8/h8-9,15H,4-7H2,1-3H3. The normalized spacial score (nSPS) is 19.5. The first kappa shape index (κ1) is 11.6. The molecule has 0 bridgehead atoms. The third kappa shape index (κ3) is 2.43. The van der Waals surface area contributed by atoms with Crippen LogP contribution in [0.5, 0.6) is 0 Å². The predicted molar refractivity (Wildman–Crippen MR) is 60.1 cm³/mol. The van der Waals surface area contributed by atoms with E-state index in [2.05, 4.69) is 10.1 Å². The number of rotatable bonds is 3. The van der Waals surface area contributed by atoms with Crippen molar-refractivity contribution in [1.29, 1.82) is 0 Å². The van der Waals surface area contributed by atoms with Crippen LogP contribution in [0.1, 0.15) is 57.7 Å². The van der Waals surface area contributed by atoms with Crippen molar-refractivity contribution in [2.75, 3.05) is 0 Å². The molecule has 1 N–H and O–H groups in total. The van der Waals surface area contributed by atoms with E-state index < -0.39 is 6.10 Å². The Bertz CT molecular complexity index is 350. The fraction of sp³-hybridized carbons (Fsp3) is 0.833. The minimum absolute atomic E-state index is 0.148. The highest BCUT2D eigenvalue weighted by molar-refractivity contribution is 5.00. The molecule has 2 rings (SSSR count). The van der Waals surface area contributed by atoms with Gasteiger partial charge in [0.1, 0.15) is 0 Å². The van der Waals surface area contributed by atoms with Gasteiger partial charge in [0.15, 0.2) is 5.82 Å². The van der Waals surface area contributed by atoms with Crippen LogP contribution in [0.3, 0.4) is 0 Å². The third-order valence-electron chi connectivity index (χ3n) is 3.32. The lowest BCUT2D eigenvalue weighted by Gasteiger charge is -2.24. The van der Waals surface area contributed by atoms with Crippen molar-refractivity contribution in [1.82, 2.24) is 10.1 Å². The van der Waals surface area contributed by atoms with Crippen LogP contribution in [0.2, 0.25) is 0 Å². The zero-order valence-corrected chi connectivity index (χ0v) is 10.2. The zero-order valence-electron chi connectivity index (χ0n) is 10.2. The molecule has 1 saturated carbocycles. The van der Waals surface area contributed by atoms with E-state index in [9.17, 15) is 5.11 Å². The van der Waals surface area contributed by atoms with Crippen LogP contribution >= 0.6 is 0 Å². The molecule has 1 unspecified atom stereocenters. The lowest BCUT2D eigenvalue weighted by atomic mass is 9.85. The molecule has 1 aromatic rings. The molecule has 1 aromatic heterocycles. The summed E-state index contributed by atoms with van der Waals surface area (Å²) >= 11 is 0. The third-order valence-corrected chi connectivity index (χ3v) is 3.32. The average molecular weight is 224 g/mol. The first-order valence-electron chi connectivity index (χ1n) is 5.97. The molecule has 1 aliphatic rings.